The fraction of sp³-hybridized carbons (Fsp3) is 0.444. The smallest absolute Gasteiger partial charge is 0.392 e. The van der Waals surface area contributed by atoms with Crippen molar-refractivity contribution in [1.82, 2.24) is 15.4 Å². The minimum Gasteiger partial charge on any atom is -0.392 e. The Balaban J connectivity index is 1.58. The van der Waals surface area contributed by atoms with Crippen LogP contribution in [-0.2, 0) is 19.3 Å². The number of halogens is 4. The lowest BCUT2D eigenvalue weighted by Crippen LogP contribution is -2.37. The van der Waals surface area contributed by atoms with Crippen LogP contribution in [0.3, 0.4) is 0 Å². The number of nitrogens with one attached hydrogen (secondary N) is 1. The van der Waals surface area contributed by atoms with Crippen molar-refractivity contribution in [2.45, 2.75) is 38.2 Å². The zero-order chi connectivity index (χ0) is 20.3. The molecule has 1 fully saturated rings. The van der Waals surface area contributed by atoms with Crippen molar-refractivity contribution in [3.63, 3.8) is 0 Å². The molecule has 6 nitrogen and oxygen atoms in total. The standard InChI is InChI=1S/C18H19F4N3O3/c19-13-5-11(4-12(6-13)18(20,21)22)8-23-17(27)16-7-15(28-24-16)10-25-3-1-2-14(26)9-25/h4-7,14,26H,1-3,8-10H2,(H,23,27). The highest BCUT2D eigenvalue weighted by Gasteiger charge is 2.31. The quantitative estimate of drug-likeness (QED) is 0.754. The summed E-state index contributed by atoms with van der Waals surface area (Å²) in [6, 6.07) is 3.53. The van der Waals surface area contributed by atoms with Gasteiger partial charge in [-0.2, -0.15) is 13.2 Å². The lowest BCUT2D eigenvalue weighted by atomic mass is 10.1. The number of aliphatic hydroxyl groups excluding tert-OH is 1. The topological polar surface area (TPSA) is 78.6 Å². The molecule has 152 valence electrons. The van der Waals surface area contributed by atoms with Crippen molar-refractivity contribution in [3.8, 4) is 0 Å². The van der Waals surface area contributed by atoms with E-state index in [9.17, 15) is 27.5 Å². The molecular formula is C18H19F4N3O3. The van der Waals surface area contributed by atoms with Crippen LogP contribution in [-0.4, -0.2) is 40.3 Å². The van der Waals surface area contributed by atoms with Crippen molar-refractivity contribution < 1.29 is 32.0 Å². The molecule has 0 aliphatic carbocycles. The van der Waals surface area contributed by atoms with Crippen LogP contribution in [0.5, 0.6) is 0 Å². The number of alkyl halides is 3. The summed E-state index contributed by atoms with van der Waals surface area (Å²) in [4.78, 5) is 14.1. The van der Waals surface area contributed by atoms with Gasteiger partial charge in [-0.3, -0.25) is 9.69 Å². The van der Waals surface area contributed by atoms with Gasteiger partial charge in [-0.25, -0.2) is 4.39 Å². The highest BCUT2D eigenvalue weighted by molar-refractivity contribution is 5.92. The van der Waals surface area contributed by atoms with E-state index in [2.05, 4.69) is 10.5 Å². The molecule has 1 aromatic heterocycles. The first kappa shape index (κ1) is 20.3. The molecule has 0 saturated carbocycles. The van der Waals surface area contributed by atoms with E-state index in [1.165, 1.54) is 6.07 Å². The summed E-state index contributed by atoms with van der Waals surface area (Å²) in [5, 5.41) is 15.7. The van der Waals surface area contributed by atoms with Gasteiger partial charge in [-0.1, -0.05) is 5.16 Å². The molecule has 2 heterocycles. The molecule has 1 atom stereocenters. The molecular weight excluding hydrogens is 382 g/mol. The molecule has 1 aliphatic rings. The number of benzene rings is 1. The molecule has 28 heavy (non-hydrogen) atoms. The second-order valence-electron chi connectivity index (χ2n) is 6.74. The molecule has 1 amide bonds. The number of hydrogen-bond donors (Lipinski definition) is 2. The van der Waals surface area contributed by atoms with Crippen molar-refractivity contribution in [2.24, 2.45) is 0 Å². The average Bonchev–Trinajstić information content (AvgIpc) is 3.07. The van der Waals surface area contributed by atoms with E-state index in [-0.39, 0.29) is 17.8 Å². The maximum absolute atomic E-state index is 13.4. The van der Waals surface area contributed by atoms with Crippen LogP contribution >= 0.6 is 0 Å². The Morgan fingerprint density at radius 3 is 2.82 bits per heavy atom. The largest absolute Gasteiger partial charge is 0.416 e. The summed E-state index contributed by atoms with van der Waals surface area (Å²) in [7, 11) is 0. The van der Waals surface area contributed by atoms with Crippen molar-refractivity contribution in [3.05, 3.63) is 52.7 Å². The second-order valence-corrected chi connectivity index (χ2v) is 6.74. The molecule has 3 rings (SSSR count). The van der Waals surface area contributed by atoms with Crippen LogP contribution in [0.1, 0.15) is 40.2 Å². The monoisotopic (exact) mass is 401 g/mol. The fourth-order valence-electron chi connectivity index (χ4n) is 3.08. The van der Waals surface area contributed by atoms with Crippen LogP contribution < -0.4 is 5.32 Å². The Bertz CT molecular complexity index is 838. The number of β-amino-alcohol motifs (C(OH)–C–C–N with tert-alkyl or cyclic N) is 1. The highest BCUT2D eigenvalue weighted by atomic mass is 19.4. The van der Waals surface area contributed by atoms with Gasteiger partial charge in [0.25, 0.3) is 5.91 Å². The van der Waals surface area contributed by atoms with Crippen molar-refractivity contribution in [2.75, 3.05) is 13.1 Å². The highest BCUT2D eigenvalue weighted by Crippen LogP contribution is 2.30. The summed E-state index contributed by atoms with van der Waals surface area (Å²) in [5.74, 6) is -1.25. The second kappa shape index (κ2) is 8.27. The minimum atomic E-state index is -4.68. The van der Waals surface area contributed by atoms with E-state index in [1.54, 1.807) is 0 Å². The molecule has 1 aromatic carbocycles. The Hall–Kier alpha value is -2.46. The molecule has 0 spiro atoms. The number of likely N-dealkylation sites (tertiary alicyclic amines) is 1. The van der Waals surface area contributed by atoms with Gasteiger partial charge in [0.15, 0.2) is 11.5 Å². The number of carbonyl (C=O) groups is 1. The predicted molar refractivity (Wildman–Crippen MR) is 89.6 cm³/mol. The first-order valence-electron chi connectivity index (χ1n) is 8.71. The van der Waals surface area contributed by atoms with Gasteiger partial charge in [0.05, 0.1) is 18.2 Å². The van der Waals surface area contributed by atoms with Crippen LogP contribution in [0.15, 0.2) is 28.8 Å². The Kier molecular flexibility index (Phi) is 5.99. The van der Waals surface area contributed by atoms with Gasteiger partial charge >= 0.3 is 6.18 Å². The fourth-order valence-corrected chi connectivity index (χ4v) is 3.08. The number of aliphatic hydroxyl groups is 1. The number of piperidine rings is 1. The van der Waals surface area contributed by atoms with E-state index in [0.717, 1.165) is 31.5 Å². The summed E-state index contributed by atoms with van der Waals surface area (Å²) in [5.41, 5.74) is -1.17. The van der Waals surface area contributed by atoms with Crippen LogP contribution in [0.25, 0.3) is 0 Å². The number of carbonyl (C=O) groups excluding carboxylic acids is 1. The van der Waals surface area contributed by atoms with E-state index < -0.39 is 29.6 Å². The average molecular weight is 401 g/mol. The van der Waals surface area contributed by atoms with Crippen LogP contribution in [0.4, 0.5) is 17.6 Å². The number of amides is 1. The summed E-state index contributed by atoms with van der Waals surface area (Å²) < 4.78 is 56.7. The lowest BCUT2D eigenvalue weighted by molar-refractivity contribution is -0.137. The van der Waals surface area contributed by atoms with Gasteiger partial charge in [-0.05, 0) is 43.1 Å². The van der Waals surface area contributed by atoms with Crippen LogP contribution in [0, 0.1) is 5.82 Å². The van der Waals surface area contributed by atoms with E-state index in [1.807, 2.05) is 4.90 Å². The molecule has 0 radical (unpaired) electrons. The lowest BCUT2D eigenvalue weighted by Gasteiger charge is -2.28. The van der Waals surface area contributed by atoms with E-state index >= 15 is 0 Å². The first-order valence-corrected chi connectivity index (χ1v) is 8.71. The third-order valence-corrected chi connectivity index (χ3v) is 4.39. The number of nitrogens with zero attached hydrogens (tertiary/aromatic N) is 2. The molecule has 0 bridgehead atoms. The zero-order valence-electron chi connectivity index (χ0n) is 14.8. The summed E-state index contributed by atoms with van der Waals surface area (Å²) in [6.45, 7) is 1.39. The molecule has 2 aromatic rings. The van der Waals surface area contributed by atoms with Gasteiger partial charge in [0.1, 0.15) is 5.82 Å². The molecule has 2 N–H and O–H groups in total. The Labute approximate surface area is 158 Å². The Morgan fingerprint density at radius 1 is 1.32 bits per heavy atom. The maximum Gasteiger partial charge on any atom is 0.416 e. The number of hydrogen-bond acceptors (Lipinski definition) is 5. The van der Waals surface area contributed by atoms with E-state index in [0.29, 0.717) is 24.9 Å². The van der Waals surface area contributed by atoms with Gasteiger partial charge in [0, 0.05) is 19.2 Å². The molecule has 10 heteroatoms. The van der Waals surface area contributed by atoms with E-state index in [4.69, 9.17) is 4.52 Å². The molecule has 1 saturated heterocycles. The maximum atomic E-state index is 13.4. The Morgan fingerprint density at radius 2 is 2.11 bits per heavy atom. The van der Waals surface area contributed by atoms with Gasteiger partial charge in [-0.15, -0.1) is 0 Å². The van der Waals surface area contributed by atoms with Gasteiger partial charge < -0.3 is 14.9 Å². The van der Waals surface area contributed by atoms with Crippen LogP contribution in [0.2, 0.25) is 0 Å². The summed E-state index contributed by atoms with van der Waals surface area (Å²) in [6.07, 6.45) is -3.47. The summed E-state index contributed by atoms with van der Waals surface area (Å²) >= 11 is 0. The third-order valence-electron chi connectivity index (χ3n) is 4.39. The van der Waals surface area contributed by atoms with Crippen molar-refractivity contribution >= 4 is 5.91 Å². The number of rotatable bonds is 5. The van der Waals surface area contributed by atoms with Crippen molar-refractivity contribution in [1.29, 1.82) is 0 Å². The molecule has 1 unspecified atom stereocenters. The zero-order valence-corrected chi connectivity index (χ0v) is 14.8. The predicted octanol–water partition coefficient (Wildman–Crippen LogP) is 2.72. The SMILES string of the molecule is O=C(NCc1cc(F)cc(C(F)(F)F)c1)c1cc(CN2CCCC(O)C2)on1. The minimum absolute atomic E-state index is 0.0216. The number of aromatic nitrogens is 1. The third kappa shape index (κ3) is 5.29. The van der Waals surface area contributed by atoms with Gasteiger partial charge in [0.2, 0.25) is 0 Å². The first-order chi connectivity index (χ1) is 13.2. The normalized spacial score (nSPS) is 18.2. The molecule has 1 aliphatic heterocycles.